The van der Waals surface area contributed by atoms with Crippen LogP contribution in [0.25, 0.3) is 0 Å². The fraction of sp³-hybridized carbons (Fsp3) is 0.933. The summed E-state index contributed by atoms with van der Waals surface area (Å²) in [7, 11) is 1.71. The lowest BCUT2D eigenvalue weighted by Gasteiger charge is -2.32. The summed E-state index contributed by atoms with van der Waals surface area (Å²) < 4.78 is 5.28. The Bertz CT molecular complexity index is 281. The first-order chi connectivity index (χ1) is 9.04. The van der Waals surface area contributed by atoms with Crippen LogP contribution in [-0.4, -0.2) is 42.8 Å². The fourth-order valence-electron chi connectivity index (χ4n) is 2.86. The molecule has 1 saturated heterocycles. The molecule has 112 valence electrons. The third kappa shape index (κ3) is 4.18. The lowest BCUT2D eigenvalue weighted by molar-refractivity contribution is -0.133. The van der Waals surface area contributed by atoms with Gasteiger partial charge in [0.2, 0.25) is 5.91 Å². The molecular weight excluding hydrogens is 240 g/mol. The van der Waals surface area contributed by atoms with Crippen LogP contribution in [0.1, 0.15) is 53.4 Å². The molecule has 4 nitrogen and oxygen atoms in total. The predicted octanol–water partition coefficient (Wildman–Crippen LogP) is 2.38. The normalized spacial score (nSPS) is 25.4. The number of amides is 1. The summed E-state index contributed by atoms with van der Waals surface area (Å²) in [6.45, 7) is 9.28. The lowest BCUT2D eigenvalue weighted by Crippen LogP contribution is -2.47. The maximum atomic E-state index is 12.6. The van der Waals surface area contributed by atoms with Crippen LogP contribution in [0.4, 0.5) is 0 Å². The van der Waals surface area contributed by atoms with Crippen molar-refractivity contribution in [1.29, 1.82) is 0 Å². The zero-order valence-corrected chi connectivity index (χ0v) is 13.1. The minimum Gasteiger partial charge on any atom is -0.383 e. The molecule has 0 bridgehead atoms. The molecule has 0 saturated carbocycles. The Hall–Kier alpha value is -0.610. The van der Waals surface area contributed by atoms with Gasteiger partial charge in [-0.25, -0.2) is 0 Å². The minimum atomic E-state index is -0.000318. The minimum absolute atomic E-state index is 0.000318. The summed E-state index contributed by atoms with van der Waals surface area (Å²) in [5.74, 6) is 0.838. The van der Waals surface area contributed by atoms with Crippen LogP contribution in [0.5, 0.6) is 0 Å². The van der Waals surface area contributed by atoms with E-state index in [1.807, 2.05) is 4.90 Å². The van der Waals surface area contributed by atoms with Gasteiger partial charge < -0.3 is 9.64 Å². The molecule has 1 fully saturated rings. The quantitative estimate of drug-likeness (QED) is 0.736. The molecule has 0 aromatic rings. The molecule has 3 atom stereocenters. The van der Waals surface area contributed by atoms with E-state index in [4.69, 9.17) is 4.74 Å². The van der Waals surface area contributed by atoms with E-state index in [0.717, 1.165) is 25.7 Å². The molecule has 1 N–H and O–H groups in total. The average Bonchev–Trinajstić information content (AvgIpc) is 2.63. The Morgan fingerprint density at radius 1 is 1.37 bits per heavy atom. The van der Waals surface area contributed by atoms with E-state index in [2.05, 4.69) is 33.0 Å². The standard InChI is InChI=1S/C15H30N2O2/c1-6-8-13-15(18)17(12(7-2)10-19-5)14(16-13)9-11(3)4/h11-14,16H,6-10H2,1-5H3. The third-order valence-corrected chi connectivity index (χ3v) is 3.78. The number of rotatable bonds is 8. The summed E-state index contributed by atoms with van der Waals surface area (Å²) in [5.41, 5.74) is 0. The van der Waals surface area contributed by atoms with Crippen molar-refractivity contribution >= 4 is 5.91 Å². The fourth-order valence-corrected chi connectivity index (χ4v) is 2.86. The second kappa shape index (κ2) is 7.85. The Kier molecular flexibility index (Phi) is 6.80. The number of hydrogen-bond donors (Lipinski definition) is 1. The highest BCUT2D eigenvalue weighted by Crippen LogP contribution is 2.23. The predicted molar refractivity (Wildman–Crippen MR) is 77.9 cm³/mol. The van der Waals surface area contributed by atoms with Crippen molar-refractivity contribution in [2.45, 2.75) is 71.6 Å². The summed E-state index contributed by atoms with van der Waals surface area (Å²) in [6, 6.07) is 0.190. The zero-order chi connectivity index (χ0) is 14.4. The monoisotopic (exact) mass is 270 g/mol. The van der Waals surface area contributed by atoms with Gasteiger partial charge in [0.25, 0.3) is 0 Å². The first kappa shape index (κ1) is 16.4. The van der Waals surface area contributed by atoms with Crippen molar-refractivity contribution in [2.75, 3.05) is 13.7 Å². The van der Waals surface area contributed by atoms with Gasteiger partial charge in [0.15, 0.2) is 0 Å². The number of carbonyl (C=O) groups excluding carboxylic acids is 1. The molecular formula is C15H30N2O2. The van der Waals surface area contributed by atoms with Crippen LogP contribution in [-0.2, 0) is 9.53 Å². The highest BCUT2D eigenvalue weighted by molar-refractivity contribution is 5.84. The molecule has 1 aliphatic heterocycles. The maximum Gasteiger partial charge on any atom is 0.241 e. The molecule has 3 unspecified atom stereocenters. The molecule has 0 radical (unpaired) electrons. The number of nitrogens with one attached hydrogen (secondary N) is 1. The Balaban J connectivity index is 2.83. The van der Waals surface area contributed by atoms with Gasteiger partial charge in [-0.1, -0.05) is 34.1 Å². The summed E-state index contributed by atoms with van der Waals surface area (Å²) in [4.78, 5) is 14.6. The number of ether oxygens (including phenoxy) is 1. The number of hydrogen-bond acceptors (Lipinski definition) is 3. The van der Waals surface area contributed by atoms with E-state index in [1.54, 1.807) is 7.11 Å². The topological polar surface area (TPSA) is 41.6 Å². The van der Waals surface area contributed by atoms with Crippen LogP contribution in [0.3, 0.4) is 0 Å². The van der Waals surface area contributed by atoms with Gasteiger partial charge in [-0.15, -0.1) is 0 Å². The largest absolute Gasteiger partial charge is 0.383 e. The lowest BCUT2D eigenvalue weighted by atomic mass is 10.1. The summed E-state index contributed by atoms with van der Waals surface area (Å²) >= 11 is 0. The summed E-state index contributed by atoms with van der Waals surface area (Å²) in [6.07, 6.45) is 4.07. The zero-order valence-electron chi connectivity index (χ0n) is 13.1. The van der Waals surface area contributed by atoms with Crippen LogP contribution in [0.2, 0.25) is 0 Å². The van der Waals surface area contributed by atoms with Crippen molar-refractivity contribution in [3.05, 3.63) is 0 Å². The van der Waals surface area contributed by atoms with Gasteiger partial charge in [-0.3, -0.25) is 10.1 Å². The van der Waals surface area contributed by atoms with Crippen molar-refractivity contribution in [3.8, 4) is 0 Å². The highest BCUT2D eigenvalue weighted by atomic mass is 16.5. The van der Waals surface area contributed by atoms with Crippen molar-refractivity contribution in [3.63, 3.8) is 0 Å². The molecule has 1 amide bonds. The molecule has 4 heteroatoms. The van der Waals surface area contributed by atoms with Gasteiger partial charge in [-0.2, -0.15) is 0 Å². The van der Waals surface area contributed by atoms with Gasteiger partial charge in [0.1, 0.15) is 0 Å². The van der Waals surface area contributed by atoms with Gasteiger partial charge in [0, 0.05) is 7.11 Å². The highest BCUT2D eigenvalue weighted by Gasteiger charge is 2.41. The number of methoxy groups -OCH3 is 1. The van der Waals surface area contributed by atoms with E-state index in [0.29, 0.717) is 12.5 Å². The smallest absolute Gasteiger partial charge is 0.241 e. The second-order valence-corrected chi connectivity index (χ2v) is 5.92. The van der Waals surface area contributed by atoms with Gasteiger partial charge in [0.05, 0.1) is 24.9 Å². The Labute approximate surface area is 117 Å². The SMILES string of the molecule is CCCC1NC(CC(C)C)N(C(CC)COC)C1=O. The van der Waals surface area contributed by atoms with Crippen LogP contribution >= 0.6 is 0 Å². The molecule has 0 aliphatic carbocycles. The number of nitrogens with zero attached hydrogens (tertiary/aromatic N) is 1. The molecule has 0 aromatic heterocycles. The second-order valence-electron chi connectivity index (χ2n) is 5.92. The third-order valence-electron chi connectivity index (χ3n) is 3.78. The van der Waals surface area contributed by atoms with Crippen molar-refractivity contribution in [1.82, 2.24) is 10.2 Å². The molecule has 1 rings (SSSR count). The Morgan fingerprint density at radius 2 is 2.05 bits per heavy atom. The van der Waals surface area contributed by atoms with Crippen LogP contribution in [0, 0.1) is 5.92 Å². The van der Waals surface area contributed by atoms with Gasteiger partial charge >= 0.3 is 0 Å². The molecule has 1 heterocycles. The molecule has 19 heavy (non-hydrogen) atoms. The number of carbonyl (C=O) groups is 1. The van der Waals surface area contributed by atoms with Crippen LogP contribution in [0.15, 0.2) is 0 Å². The van der Waals surface area contributed by atoms with Gasteiger partial charge in [-0.05, 0) is 25.2 Å². The van der Waals surface area contributed by atoms with Crippen molar-refractivity contribution in [2.24, 2.45) is 5.92 Å². The van der Waals surface area contributed by atoms with Crippen LogP contribution < -0.4 is 5.32 Å². The first-order valence-electron chi connectivity index (χ1n) is 7.62. The Morgan fingerprint density at radius 3 is 2.53 bits per heavy atom. The summed E-state index contributed by atoms with van der Waals surface area (Å²) in [5, 5.41) is 3.52. The van der Waals surface area contributed by atoms with E-state index >= 15 is 0 Å². The van der Waals surface area contributed by atoms with Crippen molar-refractivity contribution < 1.29 is 9.53 Å². The van der Waals surface area contributed by atoms with E-state index < -0.39 is 0 Å². The molecule has 0 aromatic carbocycles. The molecule has 1 aliphatic rings. The average molecular weight is 270 g/mol. The molecule has 0 spiro atoms. The van der Waals surface area contributed by atoms with E-state index in [-0.39, 0.29) is 24.2 Å². The maximum absolute atomic E-state index is 12.6. The van der Waals surface area contributed by atoms with E-state index in [1.165, 1.54) is 0 Å². The van der Waals surface area contributed by atoms with E-state index in [9.17, 15) is 4.79 Å². The first-order valence-corrected chi connectivity index (χ1v) is 7.62.